The number of esters is 3. The Bertz CT molecular complexity index is 1330. The first-order valence-corrected chi connectivity index (χ1v) is 32.3. The zero-order valence-electron chi connectivity index (χ0n) is 49.4. The van der Waals surface area contributed by atoms with Crippen LogP contribution in [-0.4, -0.2) is 37.2 Å². The van der Waals surface area contributed by atoms with E-state index in [4.69, 9.17) is 14.2 Å². The van der Waals surface area contributed by atoms with Gasteiger partial charge in [-0.05, 0) is 83.5 Å². The van der Waals surface area contributed by atoms with Crippen molar-refractivity contribution in [3.8, 4) is 0 Å². The predicted molar refractivity (Wildman–Crippen MR) is 321 cm³/mol. The molecule has 0 radical (unpaired) electrons. The molecule has 0 aromatic rings. The number of ether oxygens (including phenoxy) is 3. The first kappa shape index (κ1) is 71.1. The molecule has 6 heteroatoms. The van der Waals surface area contributed by atoms with E-state index in [0.717, 1.165) is 89.9 Å². The normalized spacial score (nSPS) is 12.4. The fourth-order valence-corrected chi connectivity index (χ4v) is 9.35. The highest BCUT2D eigenvalue weighted by atomic mass is 16.6. The lowest BCUT2D eigenvalue weighted by Crippen LogP contribution is -2.30. The van der Waals surface area contributed by atoms with Gasteiger partial charge in [0.1, 0.15) is 13.2 Å². The Balaban J connectivity index is 4.30. The van der Waals surface area contributed by atoms with Crippen molar-refractivity contribution in [3.63, 3.8) is 0 Å². The van der Waals surface area contributed by atoms with Crippen LogP contribution in [0.25, 0.3) is 0 Å². The lowest BCUT2D eigenvalue weighted by molar-refractivity contribution is -0.167. The molecule has 0 aromatic heterocycles. The van der Waals surface area contributed by atoms with Crippen LogP contribution in [0.5, 0.6) is 0 Å². The van der Waals surface area contributed by atoms with Crippen molar-refractivity contribution in [2.24, 2.45) is 0 Å². The van der Waals surface area contributed by atoms with E-state index < -0.39 is 6.10 Å². The first-order valence-electron chi connectivity index (χ1n) is 32.3. The second-order valence-electron chi connectivity index (χ2n) is 21.7. The van der Waals surface area contributed by atoms with E-state index in [1.807, 2.05) is 0 Å². The van der Waals surface area contributed by atoms with Crippen molar-refractivity contribution in [2.75, 3.05) is 13.2 Å². The minimum absolute atomic E-state index is 0.0778. The molecule has 0 aromatic carbocycles. The van der Waals surface area contributed by atoms with E-state index in [9.17, 15) is 14.4 Å². The Kier molecular flexibility index (Phi) is 60.2. The summed E-state index contributed by atoms with van der Waals surface area (Å²) in [6, 6.07) is 0. The van der Waals surface area contributed by atoms with Gasteiger partial charge in [-0.3, -0.25) is 14.4 Å². The monoisotopic (exact) mass is 1030 g/mol. The summed E-state index contributed by atoms with van der Waals surface area (Å²) in [5.74, 6) is -0.877. The molecule has 0 aliphatic heterocycles. The fourth-order valence-electron chi connectivity index (χ4n) is 9.35. The van der Waals surface area contributed by atoms with E-state index in [-0.39, 0.29) is 31.1 Å². The second kappa shape index (κ2) is 62.6. The lowest BCUT2D eigenvalue weighted by atomic mass is 10.0. The standard InChI is InChI=1S/C68H122O6/c1-4-7-10-13-16-19-22-25-28-30-31-32-33-34-35-36-37-39-40-43-46-49-52-55-58-61-67(70)73-64-65(63-72-66(69)60-57-54-51-48-45-42-27-24-21-18-15-12-9-6-3)74-68(71)62-59-56-53-50-47-44-41-38-29-26-23-20-17-14-11-8-5-2/h15,18,22,24-25,27,30-31,33-34,65H,4-14,16-17,19-21,23,26,28-29,32,35-64H2,1-3H3/b18-15-,25-22-,27-24-,31-30-,34-33-. The van der Waals surface area contributed by atoms with Crippen molar-refractivity contribution in [3.05, 3.63) is 60.8 Å². The van der Waals surface area contributed by atoms with Crippen LogP contribution in [0.15, 0.2) is 60.8 Å². The average molecular weight is 1040 g/mol. The van der Waals surface area contributed by atoms with Crippen molar-refractivity contribution in [2.45, 2.75) is 341 Å². The van der Waals surface area contributed by atoms with Crippen LogP contribution in [0.2, 0.25) is 0 Å². The van der Waals surface area contributed by atoms with Gasteiger partial charge in [0.15, 0.2) is 6.10 Å². The van der Waals surface area contributed by atoms with Crippen LogP contribution in [0.3, 0.4) is 0 Å². The third kappa shape index (κ3) is 60.0. The van der Waals surface area contributed by atoms with Gasteiger partial charge in [-0.1, -0.05) is 293 Å². The molecule has 0 N–H and O–H groups in total. The number of unbranched alkanes of at least 4 members (excludes halogenated alkanes) is 38. The molecule has 0 aliphatic rings. The Hall–Kier alpha value is -2.89. The number of hydrogen-bond acceptors (Lipinski definition) is 6. The molecule has 74 heavy (non-hydrogen) atoms. The molecule has 0 saturated carbocycles. The second-order valence-corrected chi connectivity index (χ2v) is 21.7. The van der Waals surface area contributed by atoms with Gasteiger partial charge in [0.05, 0.1) is 0 Å². The van der Waals surface area contributed by atoms with Crippen LogP contribution in [-0.2, 0) is 28.6 Å². The summed E-state index contributed by atoms with van der Waals surface area (Å²) in [7, 11) is 0. The Morgan fingerprint density at radius 3 is 0.797 bits per heavy atom. The molecule has 1 atom stereocenters. The van der Waals surface area contributed by atoms with Gasteiger partial charge in [-0.2, -0.15) is 0 Å². The third-order valence-corrected chi connectivity index (χ3v) is 14.2. The fraction of sp³-hybridized carbons (Fsp3) is 0.809. The third-order valence-electron chi connectivity index (χ3n) is 14.2. The Morgan fingerprint density at radius 1 is 0.270 bits per heavy atom. The zero-order valence-corrected chi connectivity index (χ0v) is 49.4. The molecule has 1 unspecified atom stereocenters. The average Bonchev–Trinajstić information content (AvgIpc) is 3.40. The van der Waals surface area contributed by atoms with Crippen molar-refractivity contribution in [1.29, 1.82) is 0 Å². The smallest absolute Gasteiger partial charge is 0.306 e. The number of carbonyl (C=O) groups excluding carboxylic acids is 3. The van der Waals surface area contributed by atoms with Gasteiger partial charge in [0.25, 0.3) is 0 Å². The van der Waals surface area contributed by atoms with E-state index in [1.54, 1.807) is 0 Å². The number of allylic oxidation sites excluding steroid dienone is 10. The summed E-state index contributed by atoms with van der Waals surface area (Å²) in [4.78, 5) is 38.3. The quantitative estimate of drug-likeness (QED) is 0.0261. The van der Waals surface area contributed by atoms with Gasteiger partial charge in [0.2, 0.25) is 0 Å². The molecule has 0 saturated heterocycles. The van der Waals surface area contributed by atoms with Gasteiger partial charge in [0, 0.05) is 19.3 Å². The minimum atomic E-state index is -0.780. The molecule has 0 fully saturated rings. The summed E-state index contributed by atoms with van der Waals surface area (Å²) in [6.45, 7) is 6.62. The zero-order chi connectivity index (χ0) is 53.6. The van der Waals surface area contributed by atoms with E-state index in [2.05, 4.69) is 81.5 Å². The highest BCUT2D eigenvalue weighted by Crippen LogP contribution is 2.17. The van der Waals surface area contributed by atoms with Gasteiger partial charge in [-0.25, -0.2) is 0 Å². The van der Waals surface area contributed by atoms with Crippen LogP contribution in [0.4, 0.5) is 0 Å². The summed E-state index contributed by atoms with van der Waals surface area (Å²) in [5, 5.41) is 0. The lowest BCUT2D eigenvalue weighted by Gasteiger charge is -2.18. The van der Waals surface area contributed by atoms with Crippen LogP contribution < -0.4 is 0 Å². The topological polar surface area (TPSA) is 78.9 Å². The number of carbonyl (C=O) groups is 3. The molecule has 0 aliphatic carbocycles. The van der Waals surface area contributed by atoms with Gasteiger partial charge in [-0.15, -0.1) is 0 Å². The molecule has 6 nitrogen and oxygen atoms in total. The predicted octanol–water partition coefficient (Wildman–Crippen LogP) is 21.9. The highest BCUT2D eigenvalue weighted by molar-refractivity contribution is 5.71. The maximum absolute atomic E-state index is 12.9. The summed E-state index contributed by atoms with van der Waals surface area (Å²) in [5.41, 5.74) is 0. The van der Waals surface area contributed by atoms with Crippen LogP contribution in [0, 0.1) is 0 Å². The Morgan fingerprint density at radius 2 is 0.500 bits per heavy atom. The van der Waals surface area contributed by atoms with Crippen LogP contribution >= 0.6 is 0 Å². The largest absolute Gasteiger partial charge is 0.462 e. The minimum Gasteiger partial charge on any atom is -0.462 e. The Labute approximate surface area is 460 Å². The molecular formula is C68H122O6. The number of hydrogen-bond donors (Lipinski definition) is 0. The summed E-state index contributed by atoms with van der Waals surface area (Å²) in [6.07, 6.45) is 79.4. The van der Waals surface area contributed by atoms with E-state index in [1.165, 1.54) is 205 Å². The van der Waals surface area contributed by atoms with E-state index in [0.29, 0.717) is 19.3 Å². The van der Waals surface area contributed by atoms with Crippen molar-refractivity contribution in [1.82, 2.24) is 0 Å². The van der Waals surface area contributed by atoms with Crippen LogP contribution in [0.1, 0.15) is 335 Å². The molecule has 0 bridgehead atoms. The van der Waals surface area contributed by atoms with E-state index >= 15 is 0 Å². The number of rotatable bonds is 59. The maximum atomic E-state index is 12.9. The van der Waals surface area contributed by atoms with Crippen molar-refractivity contribution < 1.29 is 28.6 Å². The summed E-state index contributed by atoms with van der Waals surface area (Å²) < 4.78 is 16.9. The molecule has 0 rings (SSSR count). The molecule has 0 amide bonds. The van der Waals surface area contributed by atoms with Gasteiger partial charge < -0.3 is 14.2 Å². The molecule has 0 heterocycles. The highest BCUT2D eigenvalue weighted by Gasteiger charge is 2.19. The maximum Gasteiger partial charge on any atom is 0.306 e. The molecular weight excluding hydrogens is 913 g/mol. The van der Waals surface area contributed by atoms with Crippen molar-refractivity contribution >= 4 is 17.9 Å². The SMILES string of the molecule is CCCC/C=C\C/C=C\CCCCCCCC(=O)OCC(COC(=O)CCCCCCCCCCCC/C=C\C/C=C\C/C=C\CCCCCCC)OC(=O)CCCCCCCCCCCCCCCCCCC. The van der Waals surface area contributed by atoms with Gasteiger partial charge >= 0.3 is 17.9 Å². The molecule has 0 spiro atoms. The molecule has 430 valence electrons. The first-order chi connectivity index (χ1) is 36.5. The summed E-state index contributed by atoms with van der Waals surface area (Å²) >= 11 is 0.